The molecule has 0 radical (unpaired) electrons. The van der Waals surface area contributed by atoms with E-state index in [0.717, 1.165) is 13.2 Å². The summed E-state index contributed by atoms with van der Waals surface area (Å²) in [5, 5.41) is 3.73. The molecule has 1 heterocycles. The van der Waals surface area contributed by atoms with Crippen LogP contribution in [0, 0.1) is 0 Å². The van der Waals surface area contributed by atoms with Crippen LogP contribution in [-0.2, 0) is 4.74 Å². The molecule has 0 amide bonds. The summed E-state index contributed by atoms with van der Waals surface area (Å²) in [7, 11) is 1.79. The van der Waals surface area contributed by atoms with E-state index < -0.39 is 0 Å². The number of hydrogen-bond donors (Lipinski definition) is 1. The Bertz CT molecular complexity index is 223. The van der Waals surface area contributed by atoms with Gasteiger partial charge in [0.25, 0.3) is 0 Å². The maximum atomic E-state index is 5.14. The first kappa shape index (κ1) is 15.9. The molecule has 0 aromatic rings. The van der Waals surface area contributed by atoms with Crippen molar-refractivity contribution < 1.29 is 4.74 Å². The van der Waals surface area contributed by atoms with Crippen LogP contribution in [0.1, 0.15) is 52.9 Å². The van der Waals surface area contributed by atoms with Crippen molar-refractivity contribution >= 4 is 0 Å². The van der Waals surface area contributed by atoms with Gasteiger partial charge in [-0.25, -0.2) is 0 Å². The lowest BCUT2D eigenvalue weighted by molar-refractivity contribution is 0.0435. The molecule has 1 aliphatic heterocycles. The van der Waals surface area contributed by atoms with Gasteiger partial charge in [0.1, 0.15) is 0 Å². The van der Waals surface area contributed by atoms with Gasteiger partial charge in [-0.15, -0.1) is 0 Å². The van der Waals surface area contributed by atoms with Crippen LogP contribution in [0.3, 0.4) is 0 Å². The summed E-state index contributed by atoms with van der Waals surface area (Å²) in [6.45, 7) is 11.5. The van der Waals surface area contributed by atoms with E-state index in [9.17, 15) is 0 Å². The summed E-state index contributed by atoms with van der Waals surface area (Å²) < 4.78 is 5.14. The van der Waals surface area contributed by atoms with Crippen molar-refractivity contribution in [1.82, 2.24) is 10.2 Å². The molecule has 0 aromatic heterocycles. The van der Waals surface area contributed by atoms with E-state index in [1.807, 2.05) is 0 Å². The average Bonchev–Trinajstić information content (AvgIpc) is 2.38. The molecule has 2 unspecified atom stereocenters. The standard InChI is InChI=1S/C15H32N2O/c1-5-9-14-12-17(10-7-8-11-18-4)15(3,6-2)13-16-14/h14,16H,5-13H2,1-4H3. The van der Waals surface area contributed by atoms with Crippen molar-refractivity contribution in [3.63, 3.8) is 0 Å². The number of hydrogen-bond acceptors (Lipinski definition) is 3. The zero-order valence-electron chi connectivity index (χ0n) is 12.8. The topological polar surface area (TPSA) is 24.5 Å². The molecule has 0 aromatic carbocycles. The predicted octanol–water partition coefficient (Wildman–Crippen LogP) is 2.66. The Hall–Kier alpha value is -0.120. The van der Waals surface area contributed by atoms with Crippen molar-refractivity contribution in [2.24, 2.45) is 0 Å². The van der Waals surface area contributed by atoms with Crippen LogP contribution in [0.4, 0.5) is 0 Å². The van der Waals surface area contributed by atoms with Crippen LogP contribution >= 0.6 is 0 Å². The van der Waals surface area contributed by atoms with Crippen molar-refractivity contribution in [3.8, 4) is 0 Å². The first-order valence-corrected chi connectivity index (χ1v) is 7.63. The Kier molecular flexibility index (Phi) is 7.20. The van der Waals surface area contributed by atoms with E-state index in [1.165, 1.54) is 45.2 Å². The zero-order valence-corrected chi connectivity index (χ0v) is 12.8. The fourth-order valence-electron chi connectivity index (χ4n) is 2.83. The van der Waals surface area contributed by atoms with Gasteiger partial charge in [-0.05, 0) is 39.2 Å². The van der Waals surface area contributed by atoms with Gasteiger partial charge in [0.05, 0.1) is 0 Å². The summed E-state index contributed by atoms with van der Waals surface area (Å²) in [4.78, 5) is 2.71. The normalized spacial score (nSPS) is 29.7. The zero-order chi connectivity index (χ0) is 13.4. The van der Waals surface area contributed by atoms with Gasteiger partial charge in [-0.3, -0.25) is 4.90 Å². The third-order valence-electron chi connectivity index (χ3n) is 4.40. The first-order chi connectivity index (χ1) is 8.66. The van der Waals surface area contributed by atoms with Crippen molar-refractivity contribution in [2.75, 3.05) is 33.4 Å². The number of ether oxygens (including phenoxy) is 1. The van der Waals surface area contributed by atoms with Gasteiger partial charge in [0, 0.05) is 38.4 Å². The molecule has 1 N–H and O–H groups in total. The number of unbranched alkanes of at least 4 members (excludes halogenated alkanes) is 1. The molecule has 108 valence electrons. The quantitative estimate of drug-likeness (QED) is 0.676. The van der Waals surface area contributed by atoms with E-state index in [1.54, 1.807) is 7.11 Å². The molecule has 1 saturated heterocycles. The van der Waals surface area contributed by atoms with Crippen LogP contribution in [0.5, 0.6) is 0 Å². The van der Waals surface area contributed by atoms with Crippen LogP contribution in [0.2, 0.25) is 0 Å². The molecule has 1 rings (SSSR count). The Morgan fingerprint density at radius 2 is 2.11 bits per heavy atom. The molecule has 1 fully saturated rings. The van der Waals surface area contributed by atoms with Crippen LogP contribution in [-0.4, -0.2) is 49.8 Å². The van der Waals surface area contributed by atoms with Crippen molar-refractivity contribution in [1.29, 1.82) is 0 Å². The molecule has 1 aliphatic rings. The van der Waals surface area contributed by atoms with E-state index in [0.29, 0.717) is 11.6 Å². The third-order valence-corrected chi connectivity index (χ3v) is 4.40. The smallest absolute Gasteiger partial charge is 0.0462 e. The van der Waals surface area contributed by atoms with Gasteiger partial charge in [0.2, 0.25) is 0 Å². The Balaban J connectivity index is 2.45. The Morgan fingerprint density at radius 1 is 1.33 bits per heavy atom. The third kappa shape index (κ3) is 4.52. The summed E-state index contributed by atoms with van der Waals surface area (Å²) in [6.07, 6.45) is 6.23. The summed E-state index contributed by atoms with van der Waals surface area (Å²) in [5.41, 5.74) is 0.345. The highest BCUT2D eigenvalue weighted by molar-refractivity contribution is 4.94. The minimum absolute atomic E-state index is 0.345. The largest absolute Gasteiger partial charge is 0.385 e. The maximum absolute atomic E-state index is 5.14. The lowest BCUT2D eigenvalue weighted by Crippen LogP contribution is -2.63. The number of nitrogens with one attached hydrogen (secondary N) is 1. The number of nitrogens with zero attached hydrogens (tertiary/aromatic N) is 1. The minimum Gasteiger partial charge on any atom is -0.385 e. The van der Waals surface area contributed by atoms with Crippen LogP contribution in [0.25, 0.3) is 0 Å². The summed E-state index contributed by atoms with van der Waals surface area (Å²) >= 11 is 0. The molecule has 0 saturated carbocycles. The molecule has 0 aliphatic carbocycles. The molecule has 2 atom stereocenters. The van der Waals surface area contributed by atoms with Crippen LogP contribution in [0.15, 0.2) is 0 Å². The average molecular weight is 256 g/mol. The van der Waals surface area contributed by atoms with Gasteiger partial charge in [-0.1, -0.05) is 20.3 Å². The fraction of sp³-hybridized carbons (Fsp3) is 1.00. The second kappa shape index (κ2) is 8.13. The maximum Gasteiger partial charge on any atom is 0.0462 e. The highest BCUT2D eigenvalue weighted by Gasteiger charge is 2.35. The van der Waals surface area contributed by atoms with Crippen LogP contribution < -0.4 is 5.32 Å². The molecule has 0 bridgehead atoms. The molecular formula is C15H32N2O. The monoisotopic (exact) mass is 256 g/mol. The van der Waals surface area contributed by atoms with E-state index >= 15 is 0 Å². The second-order valence-corrected chi connectivity index (χ2v) is 5.86. The van der Waals surface area contributed by atoms with Gasteiger partial charge >= 0.3 is 0 Å². The first-order valence-electron chi connectivity index (χ1n) is 7.63. The summed E-state index contributed by atoms with van der Waals surface area (Å²) in [5.74, 6) is 0. The molecular weight excluding hydrogens is 224 g/mol. The highest BCUT2D eigenvalue weighted by atomic mass is 16.5. The van der Waals surface area contributed by atoms with Crippen molar-refractivity contribution in [3.05, 3.63) is 0 Å². The number of rotatable bonds is 8. The molecule has 3 nitrogen and oxygen atoms in total. The SMILES string of the molecule is CCCC1CN(CCCCOC)C(C)(CC)CN1. The van der Waals surface area contributed by atoms with E-state index in [2.05, 4.69) is 31.0 Å². The van der Waals surface area contributed by atoms with Crippen molar-refractivity contribution in [2.45, 2.75) is 64.5 Å². The summed E-state index contributed by atoms with van der Waals surface area (Å²) in [6, 6.07) is 0.692. The lowest BCUT2D eigenvalue weighted by Gasteiger charge is -2.48. The van der Waals surface area contributed by atoms with E-state index in [4.69, 9.17) is 4.74 Å². The predicted molar refractivity (Wildman–Crippen MR) is 78.1 cm³/mol. The Labute approximate surface area is 113 Å². The fourth-order valence-corrected chi connectivity index (χ4v) is 2.83. The van der Waals surface area contributed by atoms with Gasteiger partial charge < -0.3 is 10.1 Å². The highest BCUT2D eigenvalue weighted by Crippen LogP contribution is 2.24. The number of piperazine rings is 1. The van der Waals surface area contributed by atoms with Gasteiger partial charge in [0.15, 0.2) is 0 Å². The van der Waals surface area contributed by atoms with E-state index in [-0.39, 0.29) is 0 Å². The molecule has 18 heavy (non-hydrogen) atoms. The lowest BCUT2D eigenvalue weighted by atomic mass is 9.91. The van der Waals surface area contributed by atoms with Gasteiger partial charge in [-0.2, -0.15) is 0 Å². The molecule has 3 heteroatoms. The molecule has 0 spiro atoms. The second-order valence-electron chi connectivity index (χ2n) is 5.86. The number of methoxy groups -OCH3 is 1. The minimum atomic E-state index is 0.345. The Morgan fingerprint density at radius 3 is 2.72 bits per heavy atom.